The predicted octanol–water partition coefficient (Wildman–Crippen LogP) is 2.21. The summed E-state index contributed by atoms with van der Waals surface area (Å²) in [5.74, 6) is -1.54. The molecule has 110 valence electrons. The lowest BCUT2D eigenvalue weighted by Gasteiger charge is -2.08. The van der Waals surface area contributed by atoms with Crippen LogP contribution < -0.4 is 5.32 Å². The molecular weight excluding hydrogens is 280 g/mol. The van der Waals surface area contributed by atoms with Crippen molar-refractivity contribution in [2.75, 3.05) is 0 Å². The van der Waals surface area contributed by atoms with E-state index in [0.717, 1.165) is 5.56 Å². The van der Waals surface area contributed by atoms with Crippen molar-refractivity contribution < 1.29 is 14.7 Å². The molecule has 22 heavy (non-hydrogen) atoms. The van der Waals surface area contributed by atoms with Crippen molar-refractivity contribution in [3.8, 4) is 5.75 Å². The van der Waals surface area contributed by atoms with Gasteiger partial charge in [-0.25, -0.2) is 4.99 Å². The van der Waals surface area contributed by atoms with Gasteiger partial charge < -0.3 is 5.11 Å². The van der Waals surface area contributed by atoms with Gasteiger partial charge in [-0.1, -0.05) is 29.8 Å². The number of phenolic OH excluding ortho intramolecular Hbond substituents is 1. The number of rotatable bonds is 2. The van der Waals surface area contributed by atoms with Crippen LogP contribution in [0.4, 0.5) is 5.69 Å². The van der Waals surface area contributed by atoms with Crippen LogP contribution in [-0.4, -0.2) is 22.6 Å². The minimum atomic E-state index is -0.755. The highest BCUT2D eigenvalue weighted by Gasteiger charge is 2.39. The number of aromatic hydroxyl groups is 1. The van der Waals surface area contributed by atoms with Gasteiger partial charge in [0, 0.05) is 0 Å². The summed E-state index contributed by atoms with van der Waals surface area (Å²) in [6.45, 7) is 1.96. The Morgan fingerprint density at radius 1 is 1.00 bits per heavy atom. The molecule has 0 bridgehead atoms. The lowest BCUT2D eigenvalue weighted by Crippen LogP contribution is -2.22. The number of aliphatic imine (C=N–C) groups is 1. The molecule has 0 aliphatic carbocycles. The van der Waals surface area contributed by atoms with Crippen molar-refractivity contribution >= 4 is 23.2 Å². The fourth-order valence-electron chi connectivity index (χ4n) is 2.35. The first-order valence-electron chi connectivity index (χ1n) is 6.84. The lowest BCUT2D eigenvalue weighted by molar-refractivity contribution is -0.124. The summed E-state index contributed by atoms with van der Waals surface area (Å²) in [6, 6.07) is 13.6. The first kappa shape index (κ1) is 14.0. The molecule has 1 atom stereocenters. The maximum absolute atomic E-state index is 12.0. The highest BCUT2D eigenvalue weighted by molar-refractivity contribution is 6.52. The van der Waals surface area contributed by atoms with Crippen LogP contribution in [0.5, 0.6) is 5.75 Å². The summed E-state index contributed by atoms with van der Waals surface area (Å²) in [4.78, 5) is 28.4. The Kier molecular flexibility index (Phi) is 3.47. The van der Waals surface area contributed by atoms with E-state index in [2.05, 4.69) is 10.3 Å². The molecule has 0 aromatic heterocycles. The highest BCUT2D eigenvalue weighted by atomic mass is 16.3. The number of phenols is 1. The molecule has 2 aromatic carbocycles. The minimum absolute atomic E-state index is 0.102. The molecule has 1 aliphatic heterocycles. The average molecular weight is 294 g/mol. The van der Waals surface area contributed by atoms with Crippen LogP contribution in [0.3, 0.4) is 0 Å². The van der Waals surface area contributed by atoms with Crippen molar-refractivity contribution in [3.63, 3.8) is 0 Å². The normalized spacial score (nSPS) is 19.5. The summed E-state index contributed by atoms with van der Waals surface area (Å²) in [6.07, 6.45) is 0. The van der Waals surface area contributed by atoms with E-state index >= 15 is 0 Å². The van der Waals surface area contributed by atoms with E-state index < -0.39 is 17.7 Å². The number of nitrogens with zero attached hydrogens (tertiary/aromatic N) is 1. The molecule has 0 spiro atoms. The summed E-state index contributed by atoms with van der Waals surface area (Å²) < 4.78 is 0. The fraction of sp³-hybridized carbons (Fsp3) is 0.118. The third-order valence-corrected chi connectivity index (χ3v) is 3.51. The summed E-state index contributed by atoms with van der Waals surface area (Å²) >= 11 is 0. The molecule has 5 nitrogen and oxygen atoms in total. The van der Waals surface area contributed by atoms with Crippen LogP contribution in [0.15, 0.2) is 53.5 Å². The Morgan fingerprint density at radius 2 is 1.64 bits per heavy atom. The second-order valence-electron chi connectivity index (χ2n) is 5.18. The van der Waals surface area contributed by atoms with Crippen LogP contribution in [0.2, 0.25) is 0 Å². The van der Waals surface area contributed by atoms with Crippen molar-refractivity contribution in [1.29, 1.82) is 0 Å². The molecule has 2 N–H and O–H groups in total. The van der Waals surface area contributed by atoms with Gasteiger partial charge in [-0.3, -0.25) is 14.9 Å². The first-order valence-corrected chi connectivity index (χ1v) is 6.84. The molecule has 3 rings (SSSR count). The van der Waals surface area contributed by atoms with Crippen LogP contribution >= 0.6 is 0 Å². The minimum Gasteiger partial charge on any atom is -0.508 e. The monoisotopic (exact) mass is 294 g/mol. The van der Waals surface area contributed by atoms with Gasteiger partial charge in [0.15, 0.2) is 0 Å². The zero-order valence-electron chi connectivity index (χ0n) is 11.9. The Hall–Kier alpha value is -2.95. The van der Waals surface area contributed by atoms with Gasteiger partial charge in [0.1, 0.15) is 17.4 Å². The van der Waals surface area contributed by atoms with Crippen molar-refractivity contribution in [2.45, 2.75) is 12.8 Å². The second kappa shape index (κ2) is 5.44. The van der Waals surface area contributed by atoms with Crippen molar-refractivity contribution in [1.82, 2.24) is 5.32 Å². The van der Waals surface area contributed by atoms with Gasteiger partial charge in [-0.2, -0.15) is 0 Å². The number of nitrogens with one attached hydrogen (secondary N) is 1. The van der Waals surface area contributed by atoms with E-state index in [1.807, 2.05) is 19.1 Å². The van der Waals surface area contributed by atoms with Crippen molar-refractivity contribution in [3.05, 3.63) is 59.7 Å². The van der Waals surface area contributed by atoms with E-state index in [0.29, 0.717) is 11.3 Å². The molecule has 0 radical (unpaired) electrons. The molecule has 5 heteroatoms. The molecular formula is C17H14N2O3. The van der Waals surface area contributed by atoms with Gasteiger partial charge in [0.2, 0.25) is 5.91 Å². The standard InChI is InChI=1S/C17H14N2O3/c1-10-2-6-12(7-3-10)18-15-14(16(21)19-17(15)22)11-4-8-13(20)9-5-11/h2-9,14,20H,1H3,(H,19,21,22). The number of hydrogen-bond donors (Lipinski definition) is 2. The van der Waals surface area contributed by atoms with E-state index in [9.17, 15) is 14.7 Å². The van der Waals surface area contributed by atoms with E-state index in [4.69, 9.17) is 0 Å². The topological polar surface area (TPSA) is 78.8 Å². The molecule has 2 amide bonds. The van der Waals surface area contributed by atoms with E-state index in [1.165, 1.54) is 12.1 Å². The zero-order chi connectivity index (χ0) is 15.7. The van der Waals surface area contributed by atoms with Gasteiger partial charge >= 0.3 is 0 Å². The van der Waals surface area contributed by atoms with Crippen LogP contribution in [0.1, 0.15) is 17.0 Å². The van der Waals surface area contributed by atoms with Gasteiger partial charge in [-0.05, 0) is 36.8 Å². The van der Waals surface area contributed by atoms with Gasteiger partial charge in [-0.15, -0.1) is 0 Å². The Morgan fingerprint density at radius 3 is 2.27 bits per heavy atom. The summed E-state index contributed by atoms with van der Waals surface area (Å²) in [5, 5.41) is 11.6. The molecule has 1 saturated heterocycles. The largest absolute Gasteiger partial charge is 0.508 e. The fourth-order valence-corrected chi connectivity index (χ4v) is 2.35. The number of imide groups is 1. The smallest absolute Gasteiger partial charge is 0.273 e. The molecule has 1 heterocycles. The molecule has 1 aliphatic rings. The van der Waals surface area contributed by atoms with E-state index in [-0.39, 0.29) is 11.5 Å². The third-order valence-electron chi connectivity index (χ3n) is 3.51. The van der Waals surface area contributed by atoms with E-state index in [1.54, 1.807) is 24.3 Å². The second-order valence-corrected chi connectivity index (χ2v) is 5.18. The number of carbonyl (C=O) groups is 2. The quantitative estimate of drug-likeness (QED) is 0.833. The Labute approximate surface area is 127 Å². The van der Waals surface area contributed by atoms with Gasteiger partial charge in [0.05, 0.1) is 5.69 Å². The number of benzene rings is 2. The maximum atomic E-state index is 12.0. The Balaban J connectivity index is 2.03. The van der Waals surface area contributed by atoms with Crippen molar-refractivity contribution in [2.24, 2.45) is 4.99 Å². The number of amides is 2. The van der Waals surface area contributed by atoms with Crippen LogP contribution in [0, 0.1) is 6.92 Å². The average Bonchev–Trinajstić information content (AvgIpc) is 2.77. The molecule has 2 aromatic rings. The SMILES string of the molecule is Cc1ccc(N=C2C(=O)NC(=O)C2c2ccc(O)cc2)cc1. The van der Waals surface area contributed by atoms with Crippen LogP contribution in [0.25, 0.3) is 0 Å². The molecule has 1 unspecified atom stereocenters. The first-order chi connectivity index (χ1) is 10.5. The number of hydrogen-bond acceptors (Lipinski definition) is 4. The maximum Gasteiger partial charge on any atom is 0.273 e. The Bertz CT molecular complexity index is 761. The number of carbonyl (C=O) groups excluding carboxylic acids is 2. The number of aryl methyl sites for hydroxylation is 1. The summed E-state index contributed by atoms with van der Waals surface area (Å²) in [5.41, 5.74) is 2.49. The molecule has 1 fully saturated rings. The highest BCUT2D eigenvalue weighted by Crippen LogP contribution is 2.26. The van der Waals surface area contributed by atoms with Crippen LogP contribution in [-0.2, 0) is 9.59 Å². The summed E-state index contributed by atoms with van der Waals surface area (Å²) in [7, 11) is 0. The third kappa shape index (κ3) is 2.61. The zero-order valence-corrected chi connectivity index (χ0v) is 11.9. The molecule has 0 saturated carbocycles. The van der Waals surface area contributed by atoms with Gasteiger partial charge in [0.25, 0.3) is 5.91 Å². The lowest BCUT2D eigenvalue weighted by atomic mass is 9.95. The predicted molar refractivity (Wildman–Crippen MR) is 82.3 cm³/mol.